The fourth-order valence-electron chi connectivity index (χ4n) is 2.95. The van der Waals surface area contributed by atoms with Gasteiger partial charge in [0.2, 0.25) is 5.91 Å². The molecule has 3 rings (SSSR count). The highest BCUT2D eigenvalue weighted by Crippen LogP contribution is 2.31. The summed E-state index contributed by atoms with van der Waals surface area (Å²) in [7, 11) is -0.848. The van der Waals surface area contributed by atoms with Gasteiger partial charge in [0.25, 0.3) is 15.9 Å². The summed E-state index contributed by atoms with van der Waals surface area (Å²) in [5.74, 6) is 0.158. The first-order valence-electron chi connectivity index (χ1n) is 8.56. The first-order chi connectivity index (χ1) is 13.4. The molecule has 1 aliphatic heterocycles. The molecule has 0 atom stereocenters. The molecule has 2 aromatic carbocycles. The second-order valence-corrected chi connectivity index (χ2v) is 7.93. The fraction of sp³-hybridized carbons (Fsp3) is 0.263. The molecule has 2 amide bonds. The van der Waals surface area contributed by atoms with Crippen molar-refractivity contribution in [3.8, 4) is 11.5 Å². The Morgan fingerprint density at radius 3 is 2.54 bits per heavy atom. The fourth-order valence-corrected chi connectivity index (χ4v) is 4.56. The van der Waals surface area contributed by atoms with Crippen molar-refractivity contribution < 1.29 is 27.5 Å². The largest absolute Gasteiger partial charge is 0.497 e. The first-order valence-corrected chi connectivity index (χ1v) is 10.0. The summed E-state index contributed by atoms with van der Waals surface area (Å²) in [6, 6.07) is 11.1. The van der Waals surface area contributed by atoms with Crippen LogP contribution in [-0.2, 0) is 14.8 Å². The molecule has 148 valence electrons. The Kier molecular flexibility index (Phi) is 5.55. The summed E-state index contributed by atoms with van der Waals surface area (Å²) in [6.07, 6.45) is 0.244. The standard InChI is InChI=1S/C19H20N2O6S/c1-26-13-9-10-15(16(12-13)27-2)20-18(22)8-5-11-21-19(23)14-6-3-4-7-17(14)28(21,24)25/h3-4,6-7,9-10,12H,5,8,11H2,1-2H3,(H,20,22). The van der Waals surface area contributed by atoms with E-state index in [9.17, 15) is 18.0 Å². The number of anilines is 1. The summed E-state index contributed by atoms with van der Waals surface area (Å²) >= 11 is 0. The number of sulfonamides is 1. The summed E-state index contributed by atoms with van der Waals surface area (Å²) in [6.45, 7) is -0.0665. The van der Waals surface area contributed by atoms with E-state index in [-0.39, 0.29) is 35.8 Å². The van der Waals surface area contributed by atoms with Crippen LogP contribution in [0.15, 0.2) is 47.4 Å². The number of amides is 2. The average molecular weight is 404 g/mol. The van der Waals surface area contributed by atoms with Gasteiger partial charge >= 0.3 is 0 Å². The molecule has 0 bridgehead atoms. The van der Waals surface area contributed by atoms with Gasteiger partial charge in [-0.1, -0.05) is 12.1 Å². The number of nitrogens with zero attached hydrogens (tertiary/aromatic N) is 1. The third-order valence-electron chi connectivity index (χ3n) is 4.36. The van der Waals surface area contributed by atoms with Gasteiger partial charge in [-0.2, -0.15) is 0 Å². The molecule has 0 saturated heterocycles. The molecule has 8 nitrogen and oxygen atoms in total. The second kappa shape index (κ2) is 7.89. The van der Waals surface area contributed by atoms with Crippen LogP contribution in [0.4, 0.5) is 5.69 Å². The van der Waals surface area contributed by atoms with Crippen LogP contribution in [-0.4, -0.2) is 45.3 Å². The lowest BCUT2D eigenvalue weighted by Crippen LogP contribution is -2.31. The van der Waals surface area contributed by atoms with Gasteiger partial charge < -0.3 is 14.8 Å². The zero-order valence-electron chi connectivity index (χ0n) is 15.5. The lowest BCUT2D eigenvalue weighted by atomic mass is 10.2. The van der Waals surface area contributed by atoms with E-state index in [4.69, 9.17) is 9.47 Å². The van der Waals surface area contributed by atoms with Crippen molar-refractivity contribution in [1.82, 2.24) is 4.31 Å². The maximum absolute atomic E-state index is 12.5. The van der Waals surface area contributed by atoms with Gasteiger partial charge in [-0.3, -0.25) is 9.59 Å². The molecule has 0 radical (unpaired) electrons. The molecule has 9 heteroatoms. The molecule has 0 saturated carbocycles. The van der Waals surface area contributed by atoms with Gasteiger partial charge in [0, 0.05) is 19.0 Å². The highest BCUT2D eigenvalue weighted by Gasteiger charge is 2.40. The van der Waals surface area contributed by atoms with Crippen LogP contribution in [0.5, 0.6) is 11.5 Å². The Morgan fingerprint density at radius 1 is 1.11 bits per heavy atom. The molecule has 0 aliphatic carbocycles. The minimum atomic E-state index is -3.85. The Bertz CT molecular complexity index is 1020. The van der Waals surface area contributed by atoms with E-state index in [0.29, 0.717) is 17.2 Å². The lowest BCUT2D eigenvalue weighted by molar-refractivity contribution is -0.116. The quantitative estimate of drug-likeness (QED) is 0.760. The van der Waals surface area contributed by atoms with E-state index in [1.807, 2.05) is 0 Å². The number of ether oxygens (including phenoxy) is 2. The SMILES string of the molecule is COc1ccc(NC(=O)CCCN2C(=O)c3ccccc3S2(=O)=O)c(OC)c1. The van der Waals surface area contributed by atoms with Gasteiger partial charge in [-0.15, -0.1) is 0 Å². The monoisotopic (exact) mass is 404 g/mol. The topological polar surface area (TPSA) is 102 Å². The molecule has 0 aromatic heterocycles. The van der Waals surface area contributed by atoms with E-state index in [2.05, 4.69) is 5.32 Å². The molecule has 28 heavy (non-hydrogen) atoms. The van der Waals surface area contributed by atoms with Gasteiger partial charge in [0.05, 0.1) is 25.5 Å². The first kappa shape index (κ1) is 19.7. The van der Waals surface area contributed by atoms with Crippen LogP contribution in [0.25, 0.3) is 0 Å². The van der Waals surface area contributed by atoms with Crippen molar-refractivity contribution in [3.63, 3.8) is 0 Å². The maximum Gasteiger partial charge on any atom is 0.269 e. The van der Waals surface area contributed by atoms with Gasteiger partial charge in [-0.05, 0) is 30.7 Å². The summed E-state index contributed by atoms with van der Waals surface area (Å²) in [5, 5.41) is 2.71. The van der Waals surface area contributed by atoms with E-state index < -0.39 is 15.9 Å². The number of nitrogens with one attached hydrogen (secondary N) is 1. The number of benzene rings is 2. The third-order valence-corrected chi connectivity index (χ3v) is 6.20. The number of hydrogen-bond donors (Lipinski definition) is 1. The molecule has 0 unspecified atom stereocenters. The number of carbonyl (C=O) groups excluding carboxylic acids is 2. The lowest BCUT2D eigenvalue weighted by Gasteiger charge is -2.15. The van der Waals surface area contributed by atoms with Gasteiger partial charge in [0.1, 0.15) is 16.4 Å². The van der Waals surface area contributed by atoms with Crippen molar-refractivity contribution in [2.24, 2.45) is 0 Å². The molecular weight excluding hydrogens is 384 g/mol. The normalized spacial score (nSPS) is 14.5. The van der Waals surface area contributed by atoms with Crippen LogP contribution in [0.1, 0.15) is 23.2 Å². The van der Waals surface area contributed by atoms with Crippen LogP contribution in [0.2, 0.25) is 0 Å². The molecule has 1 heterocycles. The van der Waals surface area contributed by atoms with Gasteiger partial charge in [0.15, 0.2) is 0 Å². The second-order valence-electron chi connectivity index (χ2n) is 6.10. The summed E-state index contributed by atoms with van der Waals surface area (Å²) < 4.78 is 36.1. The third kappa shape index (κ3) is 3.65. The minimum Gasteiger partial charge on any atom is -0.497 e. The van der Waals surface area contributed by atoms with Crippen molar-refractivity contribution in [2.45, 2.75) is 17.7 Å². The molecule has 0 spiro atoms. The zero-order valence-corrected chi connectivity index (χ0v) is 16.3. The van der Waals surface area contributed by atoms with Crippen LogP contribution in [0, 0.1) is 0 Å². The van der Waals surface area contributed by atoms with Crippen LogP contribution < -0.4 is 14.8 Å². The molecule has 0 fully saturated rings. The van der Waals surface area contributed by atoms with Crippen molar-refractivity contribution in [1.29, 1.82) is 0 Å². The van der Waals surface area contributed by atoms with Gasteiger partial charge in [-0.25, -0.2) is 12.7 Å². The maximum atomic E-state index is 12.5. The zero-order chi connectivity index (χ0) is 20.3. The van der Waals surface area contributed by atoms with Crippen molar-refractivity contribution >= 4 is 27.5 Å². The number of hydrogen-bond acceptors (Lipinski definition) is 6. The summed E-state index contributed by atoms with van der Waals surface area (Å²) in [4.78, 5) is 24.6. The number of carbonyl (C=O) groups is 2. The Labute approximate surface area is 163 Å². The number of rotatable bonds is 7. The van der Waals surface area contributed by atoms with Crippen LogP contribution >= 0.6 is 0 Å². The Hall–Kier alpha value is -3.07. The predicted octanol–water partition coefficient (Wildman–Crippen LogP) is 2.27. The number of methoxy groups -OCH3 is 2. The molecule has 1 aliphatic rings. The molecule has 2 aromatic rings. The molecular formula is C19H20N2O6S. The summed E-state index contributed by atoms with van der Waals surface area (Å²) in [5.41, 5.74) is 0.639. The minimum absolute atomic E-state index is 0.00687. The smallest absolute Gasteiger partial charge is 0.269 e. The Morgan fingerprint density at radius 2 is 1.86 bits per heavy atom. The van der Waals surface area contributed by atoms with E-state index in [0.717, 1.165) is 4.31 Å². The molecule has 1 N–H and O–H groups in total. The predicted molar refractivity (Wildman–Crippen MR) is 102 cm³/mol. The highest BCUT2D eigenvalue weighted by atomic mass is 32.2. The van der Waals surface area contributed by atoms with Crippen LogP contribution in [0.3, 0.4) is 0 Å². The van der Waals surface area contributed by atoms with E-state index >= 15 is 0 Å². The highest BCUT2D eigenvalue weighted by molar-refractivity contribution is 7.90. The van der Waals surface area contributed by atoms with Crippen molar-refractivity contribution in [3.05, 3.63) is 48.0 Å². The van der Waals surface area contributed by atoms with E-state index in [1.165, 1.54) is 26.4 Å². The van der Waals surface area contributed by atoms with E-state index in [1.54, 1.807) is 30.3 Å². The average Bonchev–Trinajstić information content (AvgIpc) is 2.89. The van der Waals surface area contributed by atoms with Crippen molar-refractivity contribution in [2.75, 3.05) is 26.1 Å². The number of fused-ring (bicyclic) bond motifs is 1. The Balaban J connectivity index is 1.60.